The molecule has 0 spiro atoms. The largest absolute Gasteiger partial charge is 0.393 e. The molecule has 4 bridgehead atoms. The smallest absolute Gasteiger partial charge is 0.159 e. The van der Waals surface area contributed by atoms with Crippen molar-refractivity contribution in [3.63, 3.8) is 0 Å². The second-order valence-electron chi connectivity index (χ2n) is 8.90. The van der Waals surface area contributed by atoms with Crippen LogP contribution in [0.4, 0.5) is 23.0 Å². The molecule has 0 atom stereocenters. The van der Waals surface area contributed by atoms with E-state index in [0.717, 1.165) is 39.8 Å². The number of nitrogens with two attached hydrogens (primary N) is 1. The molecule has 4 N–H and O–H groups in total. The molecule has 4 fully saturated rings. The van der Waals surface area contributed by atoms with Gasteiger partial charge in [0.2, 0.25) is 0 Å². The molecule has 0 aliphatic heterocycles. The van der Waals surface area contributed by atoms with Gasteiger partial charge in [-0.25, -0.2) is 9.97 Å². The van der Waals surface area contributed by atoms with E-state index in [1.807, 2.05) is 25.1 Å². The quantitative estimate of drug-likeness (QED) is 0.681. The highest BCUT2D eigenvalue weighted by Gasteiger charge is 2.51. The van der Waals surface area contributed by atoms with Gasteiger partial charge in [0.25, 0.3) is 0 Å². The number of hydrogen-bond acceptors (Lipinski definition) is 5. The maximum absolute atomic E-state index is 6.45. The highest BCUT2D eigenvalue weighted by Crippen LogP contribution is 2.56. The van der Waals surface area contributed by atoms with Gasteiger partial charge in [-0.2, -0.15) is 0 Å². The zero-order chi connectivity index (χ0) is 18.6. The normalized spacial score (nSPS) is 31.1. The summed E-state index contributed by atoms with van der Waals surface area (Å²) in [5.74, 6) is 4.00. The van der Waals surface area contributed by atoms with Crippen LogP contribution in [0.1, 0.15) is 44.1 Å². The average Bonchev–Trinajstić information content (AvgIpc) is 2.60. The predicted molar refractivity (Wildman–Crippen MR) is 110 cm³/mol. The Morgan fingerprint density at radius 3 is 2.30 bits per heavy atom. The van der Waals surface area contributed by atoms with Gasteiger partial charge in [-0.05, 0) is 80.9 Å². The van der Waals surface area contributed by atoms with Crippen molar-refractivity contribution >= 4 is 34.6 Å². The van der Waals surface area contributed by atoms with Crippen LogP contribution in [-0.4, -0.2) is 15.5 Å². The summed E-state index contributed by atoms with van der Waals surface area (Å²) in [6, 6.07) is 5.86. The molecule has 6 rings (SSSR count). The molecule has 1 aromatic carbocycles. The molecule has 0 unspecified atom stereocenters. The van der Waals surface area contributed by atoms with E-state index in [-0.39, 0.29) is 5.54 Å². The van der Waals surface area contributed by atoms with Crippen LogP contribution in [0.25, 0.3) is 0 Å². The van der Waals surface area contributed by atoms with Gasteiger partial charge in [0, 0.05) is 16.2 Å². The van der Waals surface area contributed by atoms with Crippen LogP contribution < -0.4 is 16.4 Å². The van der Waals surface area contributed by atoms with E-state index in [2.05, 4.69) is 20.6 Å². The fourth-order valence-corrected chi connectivity index (χ4v) is 6.10. The Hall–Kier alpha value is -2.01. The average molecular weight is 384 g/mol. The predicted octanol–water partition coefficient (Wildman–Crippen LogP) is 5.14. The van der Waals surface area contributed by atoms with Crippen LogP contribution in [0.15, 0.2) is 24.5 Å². The van der Waals surface area contributed by atoms with Crippen LogP contribution >= 0.6 is 11.6 Å². The van der Waals surface area contributed by atoms with Gasteiger partial charge in [-0.15, -0.1) is 0 Å². The highest BCUT2D eigenvalue weighted by atomic mass is 35.5. The van der Waals surface area contributed by atoms with Crippen molar-refractivity contribution in [1.29, 1.82) is 0 Å². The Morgan fingerprint density at radius 2 is 1.67 bits per heavy atom. The standard InChI is InChI=1S/C21H26ClN5/c1-12-2-3-16(7-17(12)22)26-19-18(23)20(25-11-24-19)27-21-8-13-4-14(9-21)6-15(5-13)10-21/h2-3,7,11,13-15H,4-6,8-10,23H2,1H3,(H2,24,25,26,27). The summed E-state index contributed by atoms with van der Waals surface area (Å²) in [6.45, 7) is 1.98. The van der Waals surface area contributed by atoms with Crippen LogP contribution in [0.3, 0.4) is 0 Å². The first-order chi connectivity index (χ1) is 13.0. The van der Waals surface area contributed by atoms with E-state index < -0.39 is 0 Å². The van der Waals surface area contributed by atoms with Gasteiger partial charge in [0.15, 0.2) is 11.6 Å². The number of nitrogens with zero attached hydrogens (tertiary/aromatic N) is 2. The number of aromatic nitrogens is 2. The number of nitrogens with one attached hydrogen (secondary N) is 2. The minimum absolute atomic E-state index is 0.168. The third-order valence-electron chi connectivity index (χ3n) is 6.74. The Morgan fingerprint density at radius 1 is 1.04 bits per heavy atom. The van der Waals surface area contributed by atoms with Crippen molar-refractivity contribution < 1.29 is 0 Å². The summed E-state index contributed by atoms with van der Waals surface area (Å²) < 4.78 is 0. The van der Waals surface area contributed by atoms with Crippen molar-refractivity contribution in [3.8, 4) is 0 Å². The van der Waals surface area contributed by atoms with Gasteiger partial charge >= 0.3 is 0 Å². The topological polar surface area (TPSA) is 75.9 Å². The first-order valence-electron chi connectivity index (χ1n) is 9.91. The first kappa shape index (κ1) is 17.1. The molecule has 27 heavy (non-hydrogen) atoms. The van der Waals surface area contributed by atoms with E-state index in [4.69, 9.17) is 17.3 Å². The minimum atomic E-state index is 0.168. The number of nitrogen functional groups attached to an aromatic ring is 1. The second kappa shape index (κ2) is 6.26. The molecule has 6 heteroatoms. The fourth-order valence-electron chi connectivity index (χ4n) is 5.92. The zero-order valence-electron chi connectivity index (χ0n) is 15.6. The van der Waals surface area contributed by atoms with E-state index in [1.54, 1.807) is 6.33 Å². The molecule has 0 radical (unpaired) electrons. The Bertz CT molecular complexity index is 846. The fraction of sp³-hybridized carbons (Fsp3) is 0.524. The van der Waals surface area contributed by atoms with Gasteiger partial charge in [0.1, 0.15) is 12.0 Å². The minimum Gasteiger partial charge on any atom is -0.393 e. The van der Waals surface area contributed by atoms with E-state index >= 15 is 0 Å². The number of halogens is 1. The maximum atomic E-state index is 6.45. The first-order valence-corrected chi connectivity index (χ1v) is 10.3. The molecule has 0 amide bonds. The van der Waals surface area contributed by atoms with Crippen LogP contribution in [-0.2, 0) is 0 Å². The van der Waals surface area contributed by atoms with Gasteiger partial charge in [0.05, 0.1) is 0 Å². The molecule has 4 saturated carbocycles. The Labute approximate surface area is 165 Å². The van der Waals surface area contributed by atoms with Gasteiger partial charge in [-0.3, -0.25) is 0 Å². The van der Waals surface area contributed by atoms with Crippen molar-refractivity contribution in [2.24, 2.45) is 17.8 Å². The van der Waals surface area contributed by atoms with E-state index in [0.29, 0.717) is 11.5 Å². The number of hydrogen-bond donors (Lipinski definition) is 3. The van der Waals surface area contributed by atoms with E-state index in [1.165, 1.54) is 38.5 Å². The number of rotatable bonds is 4. The molecule has 142 valence electrons. The Balaban J connectivity index is 1.39. The SMILES string of the molecule is Cc1ccc(Nc2ncnc(NC34CC5CC(CC(C5)C3)C4)c2N)cc1Cl. The molecule has 1 heterocycles. The third-order valence-corrected chi connectivity index (χ3v) is 7.15. The number of aryl methyl sites for hydroxylation is 1. The zero-order valence-corrected chi connectivity index (χ0v) is 16.4. The van der Waals surface area contributed by atoms with Crippen LogP contribution in [0.5, 0.6) is 0 Å². The van der Waals surface area contributed by atoms with Crippen molar-refractivity contribution in [2.75, 3.05) is 16.4 Å². The summed E-state index contributed by atoms with van der Waals surface area (Å²) in [5, 5.41) is 7.77. The lowest BCUT2D eigenvalue weighted by Crippen LogP contribution is -2.55. The third kappa shape index (κ3) is 3.12. The van der Waals surface area contributed by atoms with Gasteiger partial charge < -0.3 is 16.4 Å². The van der Waals surface area contributed by atoms with Crippen LogP contribution in [0, 0.1) is 24.7 Å². The lowest BCUT2D eigenvalue weighted by molar-refractivity contribution is 0.0106. The number of anilines is 4. The highest BCUT2D eigenvalue weighted by molar-refractivity contribution is 6.31. The summed E-state index contributed by atoms with van der Waals surface area (Å²) >= 11 is 6.24. The molecule has 4 aliphatic rings. The molecule has 2 aromatic rings. The molecule has 4 aliphatic carbocycles. The molecule has 5 nitrogen and oxygen atoms in total. The molecule has 0 saturated heterocycles. The lowest BCUT2D eigenvalue weighted by Gasteiger charge is -2.57. The summed E-state index contributed by atoms with van der Waals surface area (Å²) in [7, 11) is 0. The second-order valence-corrected chi connectivity index (χ2v) is 9.30. The lowest BCUT2D eigenvalue weighted by atomic mass is 9.53. The van der Waals surface area contributed by atoms with Gasteiger partial charge in [-0.1, -0.05) is 17.7 Å². The maximum Gasteiger partial charge on any atom is 0.159 e. The molecular formula is C21H26ClN5. The van der Waals surface area contributed by atoms with Crippen molar-refractivity contribution in [2.45, 2.75) is 51.0 Å². The number of benzene rings is 1. The Kier molecular flexibility index (Phi) is 3.97. The molecular weight excluding hydrogens is 358 g/mol. The van der Waals surface area contributed by atoms with Crippen molar-refractivity contribution in [3.05, 3.63) is 35.1 Å². The summed E-state index contributed by atoms with van der Waals surface area (Å²) in [6.07, 6.45) is 9.58. The van der Waals surface area contributed by atoms with E-state index in [9.17, 15) is 0 Å². The molecule has 1 aromatic heterocycles. The summed E-state index contributed by atoms with van der Waals surface area (Å²) in [4.78, 5) is 8.83. The van der Waals surface area contributed by atoms with Crippen LogP contribution in [0.2, 0.25) is 5.02 Å². The van der Waals surface area contributed by atoms with Crippen molar-refractivity contribution in [1.82, 2.24) is 9.97 Å². The summed E-state index contributed by atoms with van der Waals surface area (Å²) in [5.41, 5.74) is 9.10. The monoisotopic (exact) mass is 383 g/mol.